The molecule has 0 unspecified atom stereocenters. The van der Waals surface area contributed by atoms with E-state index in [1.165, 1.54) is 15.9 Å². The van der Waals surface area contributed by atoms with Gasteiger partial charge in [-0.1, -0.05) is 36.3 Å². The zero-order valence-corrected chi connectivity index (χ0v) is 19.2. The molecule has 0 bridgehead atoms. The highest BCUT2D eigenvalue weighted by Crippen LogP contribution is 2.11. The van der Waals surface area contributed by atoms with Gasteiger partial charge in [-0.15, -0.1) is 17.5 Å². The predicted octanol–water partition coefficient (Wildman–Crippen LogP) is 1.22. The second-order valence-electron chi connectivity index (χ2n) is 7.12. The van der Waals surface area contributed by atoms with Crippen LogP contribution in [0.25, 0.3) is 0 Å². The van der Waals surface area contributed by atoms with Gasteiger partial charge in [0.25, 0.3) is 5.91 Å². The van der Waals surface area contributed by atoms with Crippen molar-refractivity contribution in [3.05, 3.63) is 77.4 Å². The Hall–Kier alpha value is -3.74. The highest BCUT2D eigenvalue weighted by Gasteiger charge is 2.21. The number of nitrogens with zero attached hydrogens (tertiary/aromatic N) is 5. The fraction of sp³-hybridized carbons (Fsp3) is 0.261. The smallest absolute Gasteiger partial charge is 0.320 e. The number of rotatable bonds is 7. The van der Waals surface area contributed by atoms with Crippen molar-refractivity contribution in [2.75, 3.05) is 20.1 Å². The molecular weight excluding hydrogens is 444 g/mol. The van der Waals surface area contributed by atoms with Crippen molar-refractivity contribution < 1.29 is 14.3 Å². The molecule has 172 valence electrons. The Morgan fingerprint density at radius 1 is 1.18 bits per heavy atom. The van der Waals surface area contributed by atoms with Gasteiger partial charge in [0.2, 0.25) is 0 Å². The summed E-state index contributed by atoms with van der Waals surface area (Å²) in [4.78, 5) is 31.8. The first-order chi connectivity index (χ1) is 15.4. The summed E-state index contributed by atoms with van der Waals surface area (Å²) in [7, 11) is 3.35. The second-order valence-corrected chi connectivity index (χ2v) is 7.12. The first kappa shape index (κ1) is 25.5. The Kier molecular flexibility index (Phi) is 9.54. The lowest BCUT2D eigenvalue weighted by atomic mass is 10.1. The minimum absolute atomic E-state index is 0. The van der Waals surface area contributed by atoms with Gasteiger partial charge >= 0.3 is 5.97 Å². The molecule has 10 heteroatoms. The van der Waals surface area contributed by atoms with Crippen LogP contribution in [-0.2, 0) is 23.0 Å². The Morgan fingerprint density at radius 2 is 1.94 bits per heavy atom. The highest BCUT2D eigenvalue weighted by molar-refractivity contribution is 5.94. The highest BCUT2D eigenvalue weighted by atomic mass is 35.5. The van der Waals surface area contributed by atoms with Gasteiger partial charge in [-0.25, -0.2) is 0 Å². The van der Waals surface area contributed by atoms with E-state index in [2.05, 4.69) is 27.0 Å². The van der Waals surface area contributed by atoms with Gasteiger partial charge in [-0.3, -0.25) is 14.6 Å². The van der Waals surface area contributed by atoms with Gasteiger partial charge in [0.15, 0.2) is 5.69 Å². The number of carbonyl (C=O) groups is 2. The molecule has 33 heavy (non-hydrogen) atoms. The number of esters is 1. The summed E-state index contributed by atoms with van der Waals surface area (Å²) < 4.78 is 5.46. The number of aromatic nitrogens is 4. The molecule has 0 spiro atoms. The van der Waals surface area contributed by atoms with Gasteiger partial charge < -0.3 is 15.4 Å². The number of aryl methyl sites for hydroxylation is 1. The van der Waals surface area contributed by atoms with Crippen molar-refractivity contribution in [3.63, 3.8) is 0 Å². The lowest BCUT2D eigenvalue weighted by Gasteiger charge is -2.24. The number of carbonyl (C=O) groups excluding carboxylic acids is 2. The van der Waals surface area contributed by atoms with Crippen molar-refractivity contribution >= 4 is 24.3 Å². The van der Waals surface area contributed by atoms with Crippen molar-refractivity contribution in [3.8, 4) is 11.8 Å². The Balaban J connectivity index is 0.00000385. The van der Waals surface area contributed by atoms with Crippen molar-refractivity contribution in [1.29, 1.82) is 0 Å². The molecule has 0 saturated heterocycles. The van der Waals surface area contributed by atoms with Crippen molar-refractivity contribution in [2.45, 2.75) is 12.5 Å². The van der Waals surface area contributed by atoms with E-state index in [4.69, 9.17) is 10.5 Å². The largest absolute Gasteiger partial charge is 0.459 e. The number of likely N-dealkylation sites (N-methyl/N-ethyl adjacent to an activating group) is 1. The zero-order chi connectivity index (χ0) is 22.9. The SMILES string of the molecule is CN(C[C@H](Cc1ccccc1)OC(=O)CN)C(=O)c1cncc(C#Cc2cnn(C)n2)c1.Cl. The molecule has 3 aromatic rings. The number of hydrogen-bond donors (Lipinski definition) is 1. The van der Waals surface area contributed by atoms with E-state index in [0.717, 1.165) is 5.56 Å². The van der Waals surface area contributed by atoms with E-state index in [0.29, 0.717) is 23.2 Å². The topological polar surface area (TPSA) is 116 Å². The van der Waals surface area contributed by atoms with Gasteiger partial charge in [0.1, 0.15) is 6.10 Å². The molecule has 0 aliphatic rings. The molecular formula is C23H25ClN6O3. The third-order valence-electron chi connectivity index (χ3n) is 4.51. The maximum atomic E-state index is 13.0. The van der Waals surface area contributed by atoms with Crippen LogP contribution in [0.2, 0.25) is 0 Å². The molecule has 2 aromatic heterocycles. The van der Waals surface area contributed by atoms with Gasteiger partial charge in [-0.05, 0) is 17.6 Å². The Labute approximate surface area is 198 Å². The normalized spacial score (nSPS) is 10.9. The minimum atomic E-state index is -0.532. The van der Waals surface area contributed by atoms with E-state index in [9.17, 15) is 9.59 Å². The lowest BCUT2D eigenvalue weighted by Crippen LogP contribution is -2.38. The van der Waals surface area contributed by atoms with Crippen LogP contribution < -0.4 is 5.73 Å². The van der Waals surface area contributed by atoms with Crippen molar-refractivity contribution in [1.82, 2.24) is 24.9 Å². The number of ether oxygens (including phenoxy) is 1. The molecule has 0 radical (unpaired) electrons. The quantitative estimate of drug-likeness (QED) is 0.409. The molecule has 1 amide bonds. The maximum absolute atomic E-state index is 13.0. The molecule has 2 heterocycles. The Morgan fingerprint density at radius 3 is 2.61 bits per heavy atom. The fourth-order valence-corrected chi connectivity index (χ4v) is 3.03. The monoisotopic (exact) mass is 468 g/mol. The summed E-state index contributed by atoms with van der Waals surface area (Å²) in [5, 5.41) is 8.06. The van der Waals surface area contributed by atoms with E-state index in [-0.39, 0.29) is 31.4 Å². The molecule has 9 nitrogen and oxygen atoms in total. The van der Waals surface area contributed by atoms with Crippen LogP contribution in [0.15, 0.2) is 55.0 Å². The lowest BCUT2D eigenvalue weighted by molar-refractivity contribution is -0.147. The van der Waals surface area contributed by atoms with Crippen LogP contribution in [0.1, 0.15) is 27.2 Å². The number of amides is 1. The van der Waals surface area contributed by atoms with E-state index < -0.39 is 12.1 Å². The van der Waals surface area contributed by atoms with Crippen LogP contribution in [-0.4, -0.2) is 63.0 Å². The van der Waals surface area contributed by atoms with Crippen molar-refractivity contribution in [2.24, 2.45) is 12.8 Å². The third kappa shape index (κ3) is 7.71. The van der Waals surface area contributed by atoms with Gasteiger partial charge in [0, 0.05) is 38.5 Å². The number of benzene rings is 1. The first-order valence-corrected chi connectivity index (χ1v) is 9.97. The molecule has 1 aromatic carbocycles. The molecule has 0 saturated carbocycles. The van der Waals surface area contributed by atoms with Crippen LogP contribution in [0, 0.1) is 11.8 Å². The molecule has 0 aliphatic heterocycles. The standard InChI is InChI=1S/C23H24N6O3.ClH/c1-28(16-21(32-22(30)12-24)11-17-6-4-3-5-7-17)23(31)19-10-18(13-25-14-19)8-9-20-15-26-29(2)27-20;/h3-7,10,13-15,21H,11-12,16,24H2,1-2H3;1H/t21-;/m0./s1. The van der Waals surface area contributed by atoms with E-state index >= 15 is 0 Å². The summed E-state index contributed by atoms with van der Waals surface area (Å²) in [5.41, 5.74) is 7.86. The third-order valence-corrected chi connectivity index (χ3v) is 4.51. The minimum Gasteiger partial charge on any atom is -0.459 e. The summed E-state index contributed by atoms with van der Waals surface area (Å²) >= 11 is 0. The van der Waals surface area contributed by atoms with Crippen LogP contribution in [0.5, 0.6) is 0 Å². The molecule has 2 N–H and O–H groups in total. The summed E-state index contributed by atoms with van der Waals surface area (Å²) in [5.74, 6) is 5.04. The molecule has 0 aliphatic carbocycles. The summed E-state index contributed by atoms with van der Waals surface area (Å²) in [6.45, 7) is -0.0195. The summed E-state index contributed by atoms with van der Waals surface area (Å²) in [6.07, 6.45) is 4.53. The number of hydrogen-bond acceptors (Lipinski definition) is 7. The molecule has 1 atom stereocenters. The first-order valence-electron chi connectivity index (χ1n) is 9.97. The average Bonchev–Trinajstić information content (AvgIpc) is 3.23. The average molecular weight is 469 g/mol. The predicted molar refractivity (Wildman–Crippen MR) is 125 cm³/mol. The number of pyridine rings is 1. The zero-order valence-electron chi connectivity index (χ0n) is 18.3. The van der Waals surface area contributed by atoms with E-state index in [1.807, 2.05) is 30.3 Å². The Bertz CT molecular complexity index is 1140. The maximum Gasteiger partial charge on any atom is 0.320 e. The van der Waals surface area contributed by atoms with Crippen LogP contribution >= 0.6 is 12.4 Å². The summed E-state index contributed by atoms with van der Waals surface area (Å²) in [6, 6.07) is 11.3. The van der Waals surface area contributed by atoms with Crippen LogP contribution in [0.4, 0.5) is 0 Å². The molecule has 3 rings (SSSR count). The van der Waals surface area contributed by atoms with Gasteiger partial charge in [-0.2, -0.15) is 9.90 Å². The molecule has 0 fully saturated rings. The fourth-order valence-electron chi connectivity index (χ4n) is 3.03. The number of nitrogens with two attached hydrogens (primary N) is 1. The van der Waals surface area contributed by atoms with E-state index in [1.54, 1.807) is 32.6 Å². The van der Waals surface area contributed by atoms with Gasteiger partial charge in [0.05, 0.1) is 24.8 Å². The number of halogens is 1. The van der Waals surface area contributed by atoms with Crippen LogP contribution in [0.3, 0.4) is 0 Å². The second kappa shape index (κ2) is 12.3.